The van der Waals surface area contributed by atoms with Gasteiger partial charge in [-0.1, -0.05) is 29.8 Å². The molecule has 0 saturated heterocycles. The van der Waals surface area contributed by atoms with E-state index in [9.17, 15) is 4.79 Å². The summed E-state index contributed by atoms with van der Waals surface area (Å²) in [5.74, 6) is 0.0555. The number of likely N-dealkylation sites (N-methyl/N-ethyl adjacent to an activating group) is 2. The number of amides is 1. The summed E-state index contributed by atoms with van der Waals surface area (Å²) in [6, 6.07) is 7.37. The van der Waals surface area contributed by atoms with Gasteiger partial charge in [0.1, 0.15) is 0 Å². The minimum absolute atomic E-state index is 0.0352. The SMILES string of the molecule is CNC(C)C(=O)N(C)C(C)c1ccccc1Cl. The Kier molecular flexibility index (Phi) is 4.97. The Bertz CT molecular complexity index is 395. The van der Waals surface area contributed by atoms with E-state index in [1.165, 1.54) is 0 Å². The number of carbonyl (C=O) groups is 1. The number of nitrogens with zero attached hydrogens (tertiary/aromatic N) is 1. The highest BCUT2D eigenvalue weighted by molar-refractivity contribution is 6.31. The normalized spacial score (nSPS) is 14.2. The minimum Gasteiger partial charge on any atom is -0.338 e. The molecule has 94 valence electrons. The zero-order valence-electron chi connectivity index (χ0n) is 10.7. The van der Waals surface area contributed by atoms with E-state index in [4.69, 9.17) is 11.6 Å². The lowest BCUT2D eigenvalue weighted by molar-refractivity contribution is -0.133. The lowest BCUT2D eigenvalue weighted by Crippen LogP contribution is -2.42. The number of halogens is 1. The second-order valence-electron chi connectivity index (χ2n) is 4.16. The van der Waals surface area contributed by atoms with Gasteiger partial charge in [-0.15, -0.1) is 0 Å². The van der Waals surface area contributed by atoms with Crippen LogP contribution in [0.4, 0.5) is 0 Å². The van der Waals surface area contributed by atoms with Gasteiger partial charge in [0.2, 0.25) is 5.91 Å². The van der Waals surface area contributed by atoms with Gasteiger partial charge in [0.05, 0.1) is 12.1 Å². The fourth-order valence-electron chi connectivity index (χ4n) is 1.64. The Morgan fingerprint density at radius 1 is 1.35 bits per heavy atom. The predicted molar refractivity (Wildman–Crippen MR) is 71.2 cm³/mol. The molecule has 0 radical (unpaired) electrons. The van der Waals surface area contributed by atoms with Gasteiger partial charge in [-0.25, -0.2) is 0 Å². The highest BCUT2D eigenvalue weighted by Crippen LogP contribution is 2.26. The van der Waals surface area contributed by atoms with Gasteiger partial charge < -0.3 is 10.2 Å². The zero-order chi connectivity index (χ0) is 13.0. The van der Waals surface area contributed by atoms with Crippen LogP contribution in [0.15, 0.2) is 24.3 Å². The molecule has 17 heavy (non-hydrogen) atoms. The van der Waals surface area contributed by atoms with Crippen LogP contribution in [-0.2, 0) is 4.79 Å². The van der Waals surface area contributed by atoms with Gasteiger partial charge in [-0.05, 0) is 32.5 Å². The van der Waals surface area contributed by atoms with E-state index in [0.29, 0.717) is 5.02 Å². The second-order valence-corrected chi connectivity index (χ2v) is 4.56. The molecule has 0 heterocycles. The number of nitrogens with one attached hydrogen (secondary N) is 1. The Balaban J connectivity index is 2.87. The van der Waals surface area contributed by atoms with Crippen LogP contribution in [0.5, 0.6) is 0 Å². The molecule has 0 spiro atoms. The summed E-state index contributed by atoms with van der Waals surface area (Å²) in [6.07, 6.45) is 0. The summed E-state index contributed by atoms with van der Waals surface area (Å²) in [6.45, 7) is 3.82. The van der Waals surface area contributed by atoms with E-state index >= 15 is 0 Å². The first-order valence-corrected chi connectivity index (χ1v) is 6.05. The Morgan fingerprint density at radius 3 is 2.47 bits per heavy atom. The molecule has 0 aliphatic rings. The van der Waals surface area contributed by atoms with E-state index in [2.05, 4.69) is 5.32 Å². The van der Waals surface area contributed by atoms with Crippen molar-refractivity contribution in [1.29, 1.82) is 0 Å². The number of carbonyl (C=O) groups excluding carboxylic acids is 1. The summed E-state index contributed by atoms with van der Waals surface area (Å²) < 4.78 is 0. The monoisotopic (exact) mass is 254 g/mol. The topological polar surface area (TPSA) is 32.3 Å². The smallest absolute Gasteiger partial charge is 0.239 e. The molecule has 2 atom stereocenters. The molecule has 1 rings (SSSR count). The molecule has 4 heteroatoms. The highest BCUT2D eigenvalue weighted by atomic mass is 35.5. The van der Waals surface area contributed by atoms with Crippen LogP contribution in [0.3, 0.4) is 0 Å². The predicted octanol–water partition coefficient (Wildman–Crippen LogP) is 2.47. The van der Waals surface area contributed by atoms with Crippen molar-refractivity contribution in [2.75, 3.05) is 14.1 Å². The molecular weight excluding hydrogens is 236 g/mol. The van der Waals surface area contributed by atoms with Crippen molar-refractivity contribution >= 4 is 17.5 Å². The van der Waals surface area contributed by atoms with Crippen molar-refractivity contribution < 1.29 is 4.79 Å². The van der Waals surface area contributed by atoms with E-state index in [0.717, 1.165) is 5.56 Å². The molecule has 1 amide bonds. The van der Waals surface area contributed by atoms with Crippen LogP contribution in [0.25, 0.3) is 0 Å². The number of benzene rings is 1. The summed E-state index contributed by atoms with van der Waals surface area (Å²) in [5.41, 5.74) is 0.966. The second kappa shape index (κ2) is 6.03. The van der Waals surface area contributed by atoms with Crippen LogP contribution in [0, 0.1) is 0 Å². The Labute approximate surface area is 108 Å². The summed E-state index contributed by atoms with van der Waals surface area (Å²) >= 11 is 6.13. The summed E-state index contributed by atoms with van der Waals surface area (Å²) in [5, 5.41) is 3.63. The number of hydrogen-bond acceptors (Lipinski definition) is 2. The van der Waals surface area contributed by atoms with Crippen LogP contribution >= 0.6 is 11.6 Å². The standard InChI is InChI=1S/C13H19ClN2O/c1-9(15-3)13(17)16(4)10(2)11-7-5-6-8-12(11)14/h5-10,15H,1-4H3. The molecule has 1 aromatic rings. The molecule has 0 aromatic heterocycles. The lowest BCUT2D eigenvalue weighted by Gasteiger charge is -2.28. The lowest BCUT2D eigenvalue weighted by atomic mass is 10.1. The number of hydrogen-bond donors (Lipinski definition) is 1. The third-order valence-electron chi connectivity index (χ3n) is 3.09. The maximum Gasteiger partial charge on any atom is 0.239 e. The van der Waals surface area contributed by atoms with Gasteiger partial charge >= 0.3 is 0 Å². The molecule has 1 N–H and O–H groups in total. The van der Waals surface area contributed by atoms with Crippen LogP contribution < -0.4 is 5.32 Å². The van der Waals surface area contributed by atoms with Crippen molar-refractivity contribution in [1.82, 2.24) is 10.2 Å². The molecular formula is C13H19ClN2O. The average molecular weight is 255 g/mol. The van der Waals surface area contributed by atoms with Crippen molar-refractivity contribution in [3.8, 4) is 0 Å². The third kappa shape index (κ3) is 3.20. The quantitative estimate of drug-likeness (QED) is 0.895. The van der Waals surface area contributed by atoms with Crippen molar-refractivity contribution in [3.63, 3.8) is 0 Å². The fourth-order valence-corrected chi connectivity index (χ4v) is 1.94. The first-order valence-electron chi connectivity index (χ1n) is 5.67. The van der Waals surface area contributed by atoms with E-state index < -0.39 is 0 Å². The third-order valence-corrected chi connectivity index (χ3v) is 3.43. The van der Waals surface area contributed by atoms with Crippen LogP contribution in [0.1, 0.15) is 25.5 Å². The first-order chi connectivity index (χ1) is 7.99. The zero-order valence-corrected chi connectivity index (χ0v) is 11.5. The molecule has 3 nitrogen and oxygen atoms in total. The maximum atomic E-state index is 12.0. The summed E-state index contributed by atoms with van der Waals surface area (Å²) in [4.78, 5) is 13.7. The average Bonchev–Trinajstić information content (AvgIpc) is 2.35. The molecule has 0 aliphatic heterocycles. The van der Waals surface area contributed by atoms with Crippen LogP contribution in [-0.4, -0.2) is 30.9 Å². The van der Waals surface area contributed by atoms with Crippen molar-refractivity contribution in [3.05, 3.63) is 34.9 Å². The molecule has 0 fully saturated rings. The fraction of sp³-hybridized carbons (Fsp3) is 0.462. The molecule has 0 aliphatic carbocycles. The van der Waals surface area contributed by atoms with Gasteiger partial charge in [0, 0.05) is 12.1 Å². The minimum atomic E-state index is -0.190. The van der Waals surface area contributed by atoms with Crippen LogP contribution in [0.2, 0.25) is 5.02 Å². The Morgan fingerprint density at radius 2 is 1.94 bits per heavy atom. The van der Waals surface area contributed by atoms with Gasteiger partial charge in [0.25, 0.3) is 0 Å². The molecule has 0 saturated carbocycles. The van der Waals surface area contributed by atoms with Crippen molar-refractivity contribution in [2.45, 2.75) is 25.9 Å². The molecule has 1 aromatic carbocycles. The highest BCUT2D eigenvalue weighted by Gasteiger charge is 2.22. The first kappa shape index (κ1) is 14.0. The molecule has 0 bridgehead atoms. The summed E-state index contributed by atoms with van der Waals surface area (Å²) in [7, 11) is 3.57. The van der Waals surface area contributed by atoms with Gasteiger partial charge in [-0.2, -0.15) is 0 Å². The number of rotatable bonds is 4. The van der Waals surface area contributed by atoms with E-state index in [1.807, 2.05) is 38.1 Å². The van der Waals surface area contributed by atoms with Gasteiger partial charge in [0.15, 0.2) is 0 Å². The Hall–Kier alpha value is -1.06. The largest absolute Gasteiger partial charge is 0.338 e. The van der Waals surface area contributed by atoms with Gasteiger partial charge in [-0.3, -0.25) is 4.79 Å². The molecule has 2 unspecified atom stereocenters. The van der Waals surface area contributed by atoms with E-state index in [1.54, 1.807) is 19.0 Å². The van der Waals surface area contributed by atoms with E-state index in [-0.39, 0.29) is 18.0 Å². The van der Waals surface area contributed by atoms with Crippen molar-refractivity contribution in [2.24, 2.45) is 0 Å². The maximum absolute atomic E-state index is 12.0.